The Morgan fingerprint density at radius 2 is 1.61 bits per heavy atom. The number of allylic oxidation sites excluding steroid dienone is 2. The van der Waals surface area contributed by atoms with E-state index in [1.165, 1.54) is 18.2 Å². The second-order valence-corrected chi connectivity index (χ2v) is 9.49. The molecule has 1 fully saturated rings. The summed E-state index contributed by atoms with van der Waals surface area (Å²) in [6.07, 6.45) is 0. The number of carbonyl (C=O) groups is 2. The predicted octanol–water partition coefficient (Wildman–Crippen LogP) is 4.70. The second kappa shape index (κ2) is 6.79. The smallest absolute Gasteiger partial charge is 0.309 e. The number of nitrogens with zero attached hydrogens (tertiary/aromatic N) is 1. The summed E-state index contributed by atoms with van der Waals surface area (Å²) in [5.74, 6) is -5.83. The van der Waals surface area contributed by atoms with Gasteiger partial charge >= 0.3 is 5.97 Å². The van der Waals surface area contributed by atoms with Gasteiger partial charge in [0.05, 0.1) is 26.8 Å². The first kappa shape index (κ1) is 21.7. The number of hydrogen-bond donors (Lipinski definition) is 2. The average molecular weight is 509 g/mol. The predicted molar refractivity (Wildman–Crippen MR) is 107 cm³/mol. The minimum absolute atomic E-state index is 0.0240. The Labute approximate surface area is 187 Å². The molecule has 150 valence electrons. The van der Waals surface area contributed by atoms with E-state index in [-0.39, 0.29) is 21.4 Å². The van der Waals surface area contributed by atoms with Crippen molar-refractivity contribution in [1.82, 2.24) is 0 Å². The number of amides is 1. The number of hydrogen-bond acceptors (Lipinski definition) is 4. The number of anilines is 1. The summed E-state index contributed by atoms with van der Waals surface area (Å²) in [5, 5.41) is 22.3. The van der Waals surface area contributed by atoms with Crippen molar-refractivity contribution < 1.29 is 19.6 Å². The Hall–Kier alpha value is -0.960. The van der Waals surface area contributed by atoms with Gasteiger partial charge in [-0.05, 0) is 6.07 Å². The lowest BCUT2D eigenvalue weighted by Crippen LogP contribution is -2.47. The fourth-order valence-corrected chi connectivity index (χ4v) is 6.48. The summed E-state index contributed by atoms with van der Waals surface area (Å²) >= 11 is 37.8. The van der Waals surface area contributed by atoms with Crippen LogP contribution in [-0.4, -0.2) is 36.0 Å². The standard InChI is InChI=1S/C15H8Cl6N2O5/c16-9-10(17)14(19)8(12(25)26)7(13(9,18)15(14,20)21)11(24)22-5-2-1-3-6(4-5)23(27)28/h1-4,7-8H,(H,22,24)(H,25,26)/t7-,8-,13-,14-/m0/s1. The highest BCUT2D eigenvalue weighted by atomic mass is 35.5. The second-order valence-electron chi connectivity index (χ2n) is 6.22. The fraction of sp³-hybridized carbons (Fsp3) is 0.333. The molecule has 1 aromatic carbocycles. The van der Waals surface area contributed by atoms with Crippen molar-refractivity contribution in [2.24, 2.45) is 11.8 Å². The summed E-state index contributed by atoms with van der Waals surface area (Å²) in [7, 11) is 0. The van der Waals surface area contributed by atoms with Gasteiger partial charge in [-0.2, -0.15) is 0 Å². The number of carboxylic acid groups (broad SMARTS) is 1. The van der Waals surface area contributed by atoms with Gasteiger partial charge in [-0.15, -0.1) is 23.2 Å². The molecule has 2 bridgehead atoms. The molecule has 2 aliphatic carbocycles. The number of rotatable bonds is 4. The molecular weight excluding hydrogens is 501 g/mol. The van der Waals surface area contributed by atoms with Gasteiger partial charge in [0.2, 0.25) is 5.91 Å². The number of aliphatic carboxylic acids is 1. The fourth-order valence-electron chi connectivity index (χ4n) is 3.54. The summed E-state index contributed by atoms with van der Waals surface area (Å²) in [5.41, 5.74) is -0.268. The first-order chi connectivity index (χ1) is 12.8. The van der Waals surface area contributed by atoms with Crippen LogP contribution in [0.4, 0.5) is 11.4 Å². The lowest BCUT2D eigenvalue weighted by molar-refractivity contribution is -0.384. The molecule has 2 N–H and O–H groups in total. The van der Waals surface area contributed by atoms with E-state index in [0.717, 1.165) is 6.07 Å². The van der Waals surface area contributed by atoms with Crippen LogP contribution in [0.25, 0.3) is 0 Å². The number of carbonyl (C=O) groups excluding carboxylic acids is 1. The Morgan fingerprint density at radius 3 is 2.11 bits per heavy atom. The van der Waals surface area contributed by atoms with Crippen molar-refractivity contribution in [3.05, 3.63) is 44.4 Å². The van der Waals surface area contributed by atoms with E-state index in [1.807, 2.05) is 0 Å². The van der Waals surface area contributed by atoms with Gasteiger partial charge < -0.3 is 10.4 Å². The maximum absolute atomic E-state index is 13.0. The van der Waals surface area contributed by atoms with Gasteiger partial charge in [-0.25, -0.2) is 0 Å². The SMILES string of the molecule is O=C(O)[C@@H]1[C@@H](C(=O)Nc2cccc([N+](=O)[O-])c2)[C@]2(Cl)C(Cl)=C(Cl)[C@]1(Cl)C2(Cl)Cl. The van der Waals surface area contributed by atoms with Crippen molar-refractivity contribution in [3.63, 3.8) is 0 Å². The number of non-ortho nitro benzene ring substituents is 1. The highest BCUT2D eigenvalue weighted by Crippen LogP contribution is 2.76. The van der Waals surface area contributed by atoms with Gasteiger partial charge in [-0.1, -0.05) is 52.5 Å². The zero-order valence-electron chi connectivity index (χ0n) is 13.3. The van der Waals surface area contributed by atoms with Crippen molar-refractivity contribution in [1.29, 1.82) is 0 Å². The van der Waals surface area contributed by atoms with Crippen LogP contribution in [0.1, 0.15) is 0 Å². The van der Waals surface area contributed by atoms with Crippen LogP contribution in [-0.2, 0) is 9.59 Å². The molecule has 1 amide bonds. The van der Waals surface area contributed by atoms with Gasteiger partial charge in [0.15, 0.2) is 4.33 Å². The molecule has 1 aromatic rings. The summed E-state index contributed by atoms with van der Waals surface area (Å²) in [6.45, 7) is 0. The summed E-state index contributed by atoms with van der Waals surface area (Å²) in [4.78, 5) is 30.8. The highest BCUT2D eigenvalue weighted by Gasteiger charge is 2.85. The third kappa shape index (κ3) is 2.57. The third-order valence-electron chi connectivity index (χ3n) is 4.81. The largest absolute Gasteiger partial charge is 0.481 e. The Kier molecular flexibility index (Phi) is 5.27. The van der Waals surface area contributed by atoms with E-state index in [1.54, 1.807) is 0 Å². The lowest BCUT2D eigenvalue weighted by Gasteiger charge is -2.33. The van der Waals surface area contributed by atoms with Crippen LogP contribution in [0.15, 0.2) is 34.3 Å². The minimum Gasteiger partial charge on any atom is -0.481 e. The van der Waals surface area contributed by atoms with Crippen molar-refractivity contribution in [2.45, 2.75) is 14.1 Å². The Balaban J connectivity index is 2.08. The van der Waals surface area contributed by atoms with Crippen molar-refractivity contribution in [3.8, 4) is 0 Å². The minimum atomic E-state index is -2.23. The van der Waals surface area contributed by atoms with Gasteiger partial charge in [0, 0.05) is 17.8 Å². The molecule has 13 heteroatoms. The zero-order chi connectivity index (χ0) is 21.2. The van der Waals surface area contributed by atoms with Crippen LogP contribution in [0.2, 0.25) is 0 Å². The molecule has 0 aliphatic heterocycles. The lowest BCUT2D eigenvalue weighted by atomic mass is 9.81. The summed E-state index contributed by atoms with van der Waals surface area (Å²) < 4.78 is -2.23. The first-order valence-electron chi connectivity index (χ1n) is 7.41. The molecule has 3 rings (SSSR count). The topological polar surface area (TPSA) is 110 Å². The molecule has 0 aromatic heterocycles. The first-order valence-corrected chi connectivity index (χ1v) is 9.68. The normalized spacial score (nSPS) is 33.1. The Morgan fingerprint density at radius 1 is 1.07 bits per heavy atom. The number of benzene rings is 1. The molecule has 4 atom stereocenters. The van der Waals surface area contributed by atoms with E-state index in [4.69, 9.17) is 69.6 Å². The van der Waals surface area contributed by atoms with E-state index >= 15 is 0 Å². The molecule has 7 nitrogen and oxygen atoms in total. The van der Waals surface area contributed by atoms with Gasteiger partial charge in [-0.3, -0.25) is 19.7 Å². The highest BCUT2D eigenvalue weighted by molar-refractivity contribution is 6.66. The molecule has 2 aliphatic rings. The van der Waals surface area contributed by atoms with Crippen LogP contribution in [0, 0.1) is 22.0 Å². The number of nitrogens with one attached hydrogen (secondary N) is 1. The van der Waals surface area contributed by atoms with Gasteiger partial charge in [0.25, 0.3) is 5.69 Å². The Bertz CT molecular complexity index is 953. The summed E-state index contributed by atoms with van der Waals surface area (Å²) in [6, 6.07) is 4.99. The molecule has 0 heterocycles. The molecule has 0 saturated heterocycles. The zero-order valence-corrected chi connectivity index (χ0v) is 17.8. The molecule has 0 spiro atoms. The average Bonchev–Trinajstić information content (AvgIpc) is 2.82. The van der Waals surface area contributed by atoms with Crippen molar-refractivity contribution in [2.75, 3.05) is 5.32 Å². The van der Waals surface area contributed by atoms with E-state index in [0.29, 0.717) is 0 Å². The maximum Gasteiger partial charge on any atom is 0.309 e. The molecule has 1 saturated carbocycles. The molecule has 0 unspecified atom stereocenters. The van der Waals surface area contributed by atoms with Crippen LogP contribution in [0.3, 0.4) is 0 Å². The number of fused-ring (bicyclic) bond motifs is 2. The van der Waals surface area contributed by atoms with Crippen LogP contribution >= 0.6 is 69.6 Å². The number of alkyl halides is 4. The van der Waals surface area contributed by atoms with Crippen LogP contribution < -0.4 is 5.32 Å². The number of carboxylic acids is 1. The van der Waals surface area contributed by atoms with E-state index in [9.17, 15) is 24.8 Å². The van der Waals surface area contributed by atoms with E-state index in [2.05, 4.69) is 5.32 Å². The molecule has 0 radical (unpaired) electrons. The number of nitro benzene ring substituents is 1. The third-order valence-corrected chi connectivity index (χ3v) is 9.07. The van der Waals surface area contributed by atoms with Gasteiger partial charge in [0.1, 0.15) is 9.75 Å². The van der Waals surface area contributed by atoms with Crippen molar-refractivity contribution >= 4 is 92.9 Å². The maximum atomic E-state index is 13.0. The monoisotopic (exact) mass is 506 g/mol. The number of nitro groups is 1. The van der Waals surface area contributed by atoms with Crippen LogP contribution in [0.5, 0.6) is 0 Å². The molecular formula is C15H8Cl6N2O5. The molecule has 28 heavy (non-hydrogen) atoms. The van der Waals surface area contributed by atoms with E-state index < -0.39 is 42.7 Å². The quantitative estimate of drug-likeness (QED) is 0.348. The number of halogens is 6.